The zero-order valence-corrected chi connectivity index (χ0v) is 43.6. The first-order chi connectivity index (χ1) is 34.8. The van der Waals surface area contributed by atoms with E-state index in [-0.39, 0.29) is 35.5 Å². The largest absolute Gasteiger partial charge is 0.489 e. The highest BCUT2D eigenvalue weighted by molar-refractivity contribution is 6.31. The van der Waals surface area contributed by atoms with E-state index < -0.39 is 0 Å². The number of ether oxygens (including phenoxy) is 2. The van der Waals surface area contributed by atoms with E-state index in [9.17, 15) is 15.2 Å². The number of aromatic nitrogens is 5. The van der Waals surface area contributed by atoms with Gasteiger partial charge in [-0.05, 0) is 87.1 Å². The number of aryl methyl sites for hydroxylation is 1. The van der Waals surface area contributed by atoms with Crippen LogP contribution in [0.5, 0.6) is 11.6 Å². The van der Waals surface area contributed by atoms with Gasteiger partial charge in [0.1, 0.15) is 35.3 Å². The molecule has 3 saturated heterocycles. The number of piperazine rings is 1. The number of rotatable bonds is 19. The number of amides is 1. The summed E-state index contributed by atoms with van der Waals surface area (Å²) in [6.45, 7) is 21.3. The molecule has 4 aromatic heterocycles. The average Bonchev–Trinajstić information content (AvgIpc) is 3.82. The fraction of sp³-hybridized carbons (Fsp3) is 0.564. The molecule has 0 bridgehead atoms. The van der Waals surface area contributed by atoms with E-state index in [1.165, 1.54) is 6.42 Å². The smallest absolute Gasteiger partial charge is 0.270 e. The summed E-state index contributed by atoms with van der Waals surface area (Å²) in [5.74, 6) is 3.56. The molecule has 7 heterocycles. The lowest BCUT2D eigenvalue weighted by Crippen LogP contribution is -2.74. The molecule has 1 atom stereocenters. The van der Waals surface area contributed by atoms with Crippen LogP contribution in [0, 0.1) is 28.1 Å². The second-order valence-corrected chi connectivity index (χ2v) is 21.9. The number of fused-ring (bicyclic) bond motifs is 1. The zero-order chi connectivity index (χ0) is 50.4. The number of hydrogen-bond acceptors (Lipinski definition) is 14. The number of nitriles is 1. The summed E-state index contributed by atoms with van der Waals surface area (Å²) >= 11 is 6.27. The van der Waals surface area contributed by atoms with Crippen molar-refractivity contribution >= 4 is 40.5 Å². The van der Waals surface area contributed by atoms with Gasteiger partial charge in [0, 0.05) is 125 Å². The standard InChI is InChI=1S/C55H73ClN12O4/c1-6-40-35-61-68-47(31-48(62-50(40)68)67-21-8-7-10-42(67)19-28-69)59-33-39-11-16-49(60-34-39)71-29-9-20-64-24-26-65(27-25-64)37-38-17-22-66(23-18-38)43-13-15-46(58-36-43)51(70)63-52-54(2,3)53(55(52,4)5)72-44-14-12-41(32-57)45(56)30-44/h11-16,30-31,34-36,38,42,52-53,59,69H,6-10,17-29,33,37H2,1-5H3,(H,63,70)/t42?,52-,53-. The zero-order valence-electron chi connectivity index (χ0n) is 42.8. The van der Waals surface area contributed by atoms with Gasteiger partial charge in [0.2, 0.25) is 5.88 Å². The van der Waals surface area contributed by atoms with Crippen molar-refractivity contribution < 1.29 is 19.4 Å². The van der Waals surface area contributed by atoms with Crippen LogP contribution in [-0.4, -0.2) is 136 Å². The summed E-state index contributed by atoms with van der Waals surface area (Å²) in [6.07, 6.45) is 13.7. The van der Waals surface area contributed by atoms with Gasteiger partial charge in [0.15, 0.2) is 5.65 Å². The van der Waals surface area contributed by atoms with Crippen LogP contribution in [0.4, 0.5) is 17.3 Å². The van der Waals surface area contributed by atoms with Crippen molar-refractivity contribution in [2.24, 2.45) is 16.7 Å². The molecule has 3 N–H and O–H groups in total. The molecule has 1 aliphatic carbocycles. The maximum absolute atomic E-state index is 13.5. The number of aliphatic hydroxyl groups excluding tert-OH is 1. The number of piperidine rings is 2. The van der Waals surface area contributed by atoms with Crippen molar-refractivity contribution in [2.45, 2.75) is 111 Å². The van der Waals surface area contributed by atoms with Crippen LogP contribution in [0.25, 0.3) is 5.65 Å². The Morgan fingerprint density at radius 1 is 0.917 bits per heavy atom. The van der Waals surface area contributed by atoms with Gasteiger partial charge in [0.05, 0.1) is 35.3 Å². The van der Waals surface area contributed by atoms with E-state index in [1.54, 1.807) is 18.2 Å². The third kappa shape index (κ3) is 11.4. The molecule has 4 fully saturated rings. The first-order valence-corrected chi connectivity index (χ1v) is 26.6. The van der Waals surface area contributed by atoms with Crippen LogP contribution >= 0.6 is 11.6 Å². The van der Waals surface area contributed by atoms with E-state index in [0.717, 1.165) is 138 Å². The molecule has 0 spiro atoms. The van der Waals surface area contributed by atoms with Crippen LogP contribution in [0.3, 0.4) is 0 Å². The van der Waals surface area contributed by atoms with Crippen molar-refractivity contribution in [1.82, 2.24) is 39.7 Å². The Morgan fingerprint density at radius 2 is 1.71 bits per heavy atom. The number of benzene rings is 1. The second kappa shape index (κ2) is 22.6. The minimum absolute atomic E-state index is 0.139. The number of nitrogens with one attached hydrogen (secondary N) is 2. The minimum atomic E-state index is -0.357. The molecule has 16 nitrogen and oxygen atoms in total. The number of halogens is 1. The summed E-state index contributed by atoms with van der Waals surface area (Å²) in [5.41, 5.74) is 4.20. The van der Waals surface area contributed by atoms with Crippen LogP contribution in [0.15, 0.2) is 67.1 Å². The Bertz CT molecular complexity index is 2640. The normalized spacial score (nSPS) is 21.5. The Hall–Kier alpha value is -5.73. The van der Waals surface area contributed by atoms with Crippen molar-refractivity contribution in [3.8, 4) is 17.7 Å². The van der Waals surface area contributed by atoms with Gasteiger partial charge < -0.3 is 44.8 Å². The van der Waals surface area contributed by atoms with Gasteiger partial charge in [-0.25, -0.2) is 15.0 Å². The van der Waals surface area contributed by atoms with Gasteiger partial charge in [0.25, 0.3) is 5.91 Å². The number of hydrogen-bond donors (Lipinski definition) is 3. The van der Waals surface area contributed by atoms with E-state index in [2.05, 4.69) is 98.1 Å². The Balaban J connectivity index is 0.658. The van der Waals surface area contributed by atoms with Crippen molar-refractivity contribution in [3.05, 3.63) is 94.5 Å². The first-order valence-electron chi connectivity index (χ1n) is 26.2. The summed E-state index contributed by atoms with van der Waals surface area (Å²) in [4.78, 5) is 37.8. The number of anilines is 3. The summed E-state index contributed by atoms with van der Waals surface area (Å²) in [5, 5.41) is 30.9. The summed E-state index contributed by atoms with van der Waals surface area (Å²) in [6, 6.07) is 17.3. The SMILES string of the molecule is CCc1cnn2c(NCc3ccc(OCCCN4CCN(CC5CCN(c6ccc(C(=O)N[C@H]7C(C)(C)[C@H](Oc8ccc(C#N)c(Cl)c8)C7(C)C)nc6)CC5)CC4)nc3)cc(N3CCCCC3CCO)nc12. The maximum atomic E-state index is 13.5. The highest BCUT2D eigenvalue weighted by Crippen LogP contribution is 2.55. The lowest BCUT2D eigenvalue weighted by atomic mass is 9.49. The molecule has 0 radical (unpaired) electrons. The maximum Gasteiger partial charge on any atom is 0.270 e. The number of carbonyl (C=O) groups excluding carboxylic acids is 1. The van der Waals surface area contributed by atoms with E-state index in [4.69, 9.17) is 26.1 Å². The van der Waals surface area contributed by atoms with Gasteiger partial charge in [-0.2, -0.15) is 14.9 Å². The van der Waals surface area contributed by atoms with E-state index >= 15 is 0 Å². The van der Waals surface area contributed by atoms with Crippen molar-refractivity contribution in [3.63, 3.8) is 0 Å². The number of pyridine rings is 2. The Morgan fingerprint density at radius 3 is 2.40 bits per heavy atom. The lowest BCUT2D eigenvalue weighted by Gasteiger charge is -2.63. The molecule has 1 unspecified atom stereocenters. The average molecular weight is 1000 g/mol. The molecule has 4 aliphatic rings. The van der Waals surface area contributed by atoms with Crippen molar-refractivity contribution in [1.29, 1.82) is 5.26 Å². The highest BCUT2D eigenvalue weighted by Gasteiger charge is 2.64. The van der Waals surface area contributed by atoms with Crippen LogP contribution in [0.1, 0.15) is 107 Å². The fourth-order valence-electron chi connectivity index (χ4n) is 12.0. The monoisotopic (exact) mass is 1000 g/mol. The molecular formula is C55H73ClN12O4. The molecule has 5 aromatic rings. The fourth-order valence-corrected chi connectivity index (χ4v) is 12.2. The third-order valence-corrected chi connectivity index (χ3v) is 16.1. The topological polar surface area (TPSA) is 173 Å². The minimum Gasteiger partial charge on any atom is -0.489 e. The highest BCUT2D eigenvalue weighted by atomic mass is 35.5. The molecule has 3 aliphatic heterocycles. The molecule has 9 rings (SSSR count). The molecule has 1 saturated carbocycles. The predicted octanol–water partition coefficient (Wildman–Crippen LogP) is 7.88. The predicted molar refractivity (Wildman–Crippen MR) is 282 cm³/mol. The van der Waals surface area contributed by atoms with Gasteiger partial charge in [-0.1, -0.05) is 52.3 Å². The molecule has 1 amide bonds. The van der Waals surface area contributed by atoms with Gasteiger partial charge >= 0.3 is 0 Å². The quantitative estimate of drug-likeness (QED) is 0.0683. The molecule has 384 valence electrons. The molecule has 17 heteroatoms. The van der Waals surface area contributed by atoms with Crippen LogP contribution in [0.2, 0.25) is 5.02 Å². The molecular weight excluding hydrogens is 928 g/mol. The van der Waals surface area contributed by atoms with E-state index in [0.29, 0.717) is 53.0 Å². The first kappa shape index (κ1) is 51.2. The number of aliphatic hydroxyl groups is 1. The lowest BCUT2D eigenvalue weighted by molar-refractivity contribution is -0.164. The van der Waals surface area contributed by atoms with E-state index in [1.807, 2.05) is 41.3 Å². The van der Waals surface area contributed by atoms with Crippen LogP contribution in [-0.2, 0) is 13.0 Å². The van der Waals surface area contributed by atoms with Gasteiger partial charge in [-0.3, -0.25) is 4.79 Å². The third-order valence-electron chi connectivity index (χ3n) is 15.8. The summed E-state index contributed by atoms with van der Waals surface area (Å²) < 4.78 is 14.4. The van der Waals surface area contributed by atoms with Crippen molar-refractivity contribution in [2.75, 3.05) is 87.2 Å². The summed E-state index contributed by atoms with van der Waals surface area (Å²) in [7, 11) is 0. The second-order valence-electron chi connectivity index (χ2n) is 21.4. The van der Waals surface area contributed by atoms with Crippen LogP contribution < -0.4 is 29.9 Å². The Kier molecular flexibility index (Phi) is 16.1. The number of carbonyl (C=O) groups is 1. The Labute approximate surface area is 430 Å². The van der Waals surface area contributed by atoms with Gasteiger partial charge in [-0.15, -0.1) is 0 Å². The number of nitrogens with zero attached hydrogens (tertiary/aromatic N) is 10. The molecule has 1 aromatic carbocycles. The molecule has 72 heavy (non-hydrogen) atoms.